The van der Waals surface area contributed by atoms with Gasteiger partial charge in [0.2, 0.25) is 0 Å². The van der Waals surface area contributed by atoms with Gasteiger partial charge in [-0.1, -0.05) is 42.5 Å². The second kappa shape index (κ2) is 8.57. The molecule has 2 atom stereocenters. The molecule has 4 nitrogen and oxygen atoms in total. The fourth-order valence-electron chi connectivity index (χ4n) is 6.81. The lowest BCUT2D eigenvalue weighted by atomic mass is 9.58. The van der Waals surface area contributed by atoms with Gasteiger partial charge in [0.05, 0.1) is 0 Å². The molecule has 1 aromatic heterocycles. The lowest BCUT2D eigenvalue weighted by Gasteiger charge is -2.51. The van der Waals surface area contributed by atoms with Gasteiger partial charge < -0.3 is 14.8 Å². The molecular formula is C30H32N2O2. The van der Waals surface area contributed by atoms with E-state index in [-0.39, 0.29) is 5.92 Å². The SMILES string of the molecule is O=CC1CC2(CCN(c3ccc([C@H]4c5ccc(O)cc5CC[C@H]4c4ccccc4)cn3)CC2)C1. The third-order valence-electron chi connectivity index (χ3n) is 8.68. The first-order valence-corrected chi connectivity index (χ1v) is 12.7. The third-order valence-corrected chi connectivity index (χ3v) is 8.68. The molecule has 4 heteroatoms. The highest BCUT2D eigenvalue weighted by Gasteiger charge is 2.45. The molecule has 1 saturated heterocycles. The number of phenolic OH excluding ortho intramolecular Hbond substituents is 1. The van der Waals surface area contributed by atoms with Crippen molar-refractivity contribution in [2.24, 2.45) is 11.3 Å². The second-order valence-electron chi connectivity index (χ2n) is 10.7. The van der Waals surface area contributed by atoms with Crippen LogP contribution in [0, 0.1) is 11.3 Å². The zero-order chi connectivity index (χ0) is 23.1. The van der Waals surface area contributed by atoms with Crippen molar-refractivity contribution in [3.8, 4) is 5.75 Å². The highest BCUT2D eigenvalue weighted by molar-refractivity contribution is 5.56. The summed E-state index contributed by atoms with van der Waals surface area (Å²) in [5.74, 6) is 2.32. The Balaban J connectivity index is 1.26. The van der Waals surface area contributed by atoms with Crippen molar-refractivity contribution in [1.29, 1.82) is 0 Å². The maximum Gasteiger partial charge on any atom is 0.128 e. The molecule has 1 N–H and O–H groups in total. The molecule has 3 aromatic rings. The molecule has 174 valence electrons. The molecule has 6 rings (SSSR count). The molecule has 3 aliphatic rings. The first-order valence-electron chi connectivity index (χ1n) is 12.7. The number of carbonyl (C=O) groups is 1. The fourth-order valence-corrected chi connectivity index (χ4v) is 6.81. The number of phenols is 1. The van der Waals surface area contributed by atoms with Crippen molar-refractivity contribution in [2.45, 2.75) is 50.4 Å². The van der Waals surface area contributed by atoms with Crippen molar-refractivity contribution < 1.29 is 9.90 Å². The quantitative estimate of drug-likeness (QED) is 0.505. The Morgan fingerprint density at radius 3 is 2.47 bits per heavy atom. The summed E-state index contributed by atoms with van der Waals surface area (Å²) in [7, 11) is 0. The second-order valence-corrected chi connectivity index (χ2v) is 10.7. The van der Waals surface area contributed by atoms with Crippen LogP contribution in [0.15, 0.2) is 66.9 Å². The van der Waals surface area contributed by atoms with Crippen LogP contribution in [0.25, 0.3) is 0 Å². The smallest absolute Gasteiger partial charge is 0.128 e. The molecular weight excluding hydrogens is 420 g/mol. The van der Waals surface area contributed by atoms with E-state index in [0.29, 0.717) is 23.0 Å². The zero-order valence-corrected chi connectivity index (χ0v) is 19.6. The van der Waals surface area contributed by atoms with Gasteiger partial charge >= 0.3 is 0 Å². The Bertz CT molecular complexity index is 1160. The Hall–Kier alpha value is -3.14. The minimum atomic E-state index is 0.230. The normalized spacial score (nSPS) is 23.8. The first-order chi connectivity index (χ1) is 16.6. The van der Waals surface area contributed by atoms with E-state index < -0.39 is 0 Å². The van der Waals surface area contributed by atoms with Gasteiger partial charge in [-0.25, -0.2) is 4.98 Å². The van der Waals surface area contributed by atoms with Crippen LogP contribution in [0.5, 0.6) is 5.75 Å². The first kappa shape index (κ1) is 21.4. The molecule has 0 amide bonds. The van der Waals surface area contributed by atoms with Gasteiger partial charge in [-0.2, -0.15) is 0 Å². The summed E-state index contributed by atoms with van der Waals surface area (Å²) in [6.07, 6.45) is 9.74. The lowest BCUT2D eigenvalue weighted by molar-refractivity contribution is -0.118. The molecule has 1 spiro atoms. The largest absolute Gasteiger partial charge is 0.508 e. The molecule has 0 radical (unpaired) electrons. The van der Waals surface area contributed by atoms with E-state index >= 15 is 0 Å². The summed E-state index contributed by atoms with van der Waals surface area (Å²) in [6, 6.07) is 21.1. The molecule has 0 unspecified atom stereocenters. The van der Waals surface area contributed by atoms with Crippen molar-refractivity contribution in [3.05, 3.63) is 89.1 Å². The van der Waals surface area contributed by atoms with E-state index in [1.807, 2.05) is 12.1 Å². The summed E-state index contributed by atoms with van der Waals surface area (Å²) < 4.78 is 0. The van der Waals surface area contributed by atoms with Crippen LogP contribution in [0.4, 0.5) is 5.82 Å². The number of piperidine rings is 1. The number of aromatic hydroxyl groups is 1. The highest BCUT2D eigenvalue weighted by atomic mass is 16.3. The van der Waals surface area contributed by atoms with Gasteiger partial charge in [0.1, 0.15) is 17.9 Å². The summed E-state index contributed by atoms with van der Waals surface area (Å²) in [5, 5.41) is 10.1. The average Bonchev–Trinajstić information content (AvgIpc) is 2.87. The van der Waals surface area contributed by atoms with Crippen molar-refractivity contribution in [3.63, 3.8) is 0 Å². The number of fused-ring (bicyclic) bond motifs is 1. The number of pyridine rings is 1. The van der Waals surface area contributed by atoms with E-state index in [4.69, 9.17) is 4.98 Å². The number of benzene rings is 2. The lowest BCUT2D eigenvalue weighted by Crippen LogP contribution is -2.47. The number of aldehydes is 1. The molecule has 1 saturated carbocycles. The van der Waals surface area contributed by atoms with Crippen molar-refractivity contribution in [1.82, 2.24) is 4.98 Å². The fraction of sp³-hybridized carbons (Fsp3) is 0.400. The predicted octanol–water partition coefficient (Wildman–Crippen LogP) is 5.84. The van der Waals surface area contributed by atoms with E-state index in [1.165, 1.54) is 22.3 Å². The van der Waals surface area contributed by atoms with Gasteiger partial charge in [0.15, 0.2) is 0 Å². The predicted molar refractivity (Wildman–Crippen MR) is 134 cm³/mol. The Labute approximate surface area is 201 Å². The van der Waals surface area contributed by atoms with Gasteiger partial charge in [-0.05, 0) is 90.3 Å². The van der Waals surface area contributed by atoms with Crippen LogP contribution in [-0.2, 0) is 11.2 Å². The number of hydrogen-bond acceptors (Lipinski definition) is 4. The molecule has 34 heavy (non-hydrogen) atoms. The standard InChI is InChI=1S/C30H32N2O2/c33-20-21-17-30(18-21)12-14-32(15-13-30)28-11-7-24(19-31-28)29-26(22-4-2-1-3-5-22)9-6-23-16-25(34)8-10-27(23)29/h1-5,7-8,10-11,16,19-21,26,29,34H,6,9,12-15,17-18H2/t26-,29+/m0/s1. The van der Waals surface area contributed by atoms with Crippen LogP contribution in [0.2, 0.25) is 0 Å². The number of rotatable bonds is 4. The minimum absolute atomic E-state index is 0.230. The number of nitrogens with zero attached hydrogens (tertiary/aromatic N) is 2. The molecule has 2 aliphatic carbocycles. The number of hydrogen-bond donors (Lipinski definition) is 1. The van der Waals surface area contributed by atoms with Crippen LogP contribution in [-0.4, -0.2) is 29.5 Å². The van der Waals surface area contributed by atoms with E-state index in [0.717, 1.165) is 63.7 Å². The van der Waals surface area contributed by atoms with E-state index in [2.05, 4.69) is 59.6 Å². The van der Waals surface area contributed by atoms with Crippen molar-refractivity contribution in [2.75, 3.05) is 18.0 Å². The van der Waals surface area contributed by atoms with Crippen LogP contribution < -0.4 is 4.90 Å². The van der Waals surface area contributed by atoms with E-state index in [1.54, 1.807) is 0 Å². The number of anilines is 1. The van der Waals surface area contributed by atoms with Crippen LogP contribution in [0.1, 0.15) is 66.2 Å². The number of aromatic nitrogens is 1. The molecule has 1 aliphatic heterocycles. The van der Waals surface area contributed by atoms with E-state index in [9.17, 15) is 9.90 Å². The van der Waals surface area contributed by atoms with Crippen LogP contribution >= 0.6 is 0 Å². The Morgan fingerprint density at radius 2 is 1.76 bits per heavy atom. The monoisotopic (exact) mass is 452 g/mol. The maximum atomic E-state index is 11.0. The Kier molecular flexibility index (Phi) is 5.40. The van der Waals surface area contributed by atoms with Gasteiger partial charge in [0.25, 0.3) is 0 Å². The van der Waals surface area contributed by atoms with Gasteiger partial charge in [-0.15, -0.1) is 0 Å². The van der Waals surface area contributed by atoms with Gasteiger partial charge in [0, 0.05) is 31.1 Å². The number of carbonyl (C=O) groups excluding carboxylic acids is 1. The van der Waals surface area contributed by atoms with Crippen LogP contribution in [0.3, 0.4) is 0 Å². The third kappa shape index (κ3) is 3.79. The highest BCUT2D eigenvalue weighted by Crippen LogP contribution is 2.52. The topological polar surface area (TPSA) is 53.4 Å². The molecule has 2 aromatic carbocycles. The Morgan fingerprint density at radius 1 is 0.971 bits per heavy atom. The zero-order valence-electron chi connectivity index (χ0n) is 19.6. The number of aryl methyl sites for hydroxylation is 1. The summed E-state index contributed by atoms with van der Waals surface area (Å²) in [6.45, 7) is 2.05. The van der Waals surface area contributed by atoms with Gasteiger partial charge in [-0.3, -0.25) is 0 Å². The van der Waals surface area contributed by atoms with Crippen molar-refractivity contribution >= 4 is 12.1 Å². The maximum absolute atomic E-state index is 11.0. The molecule has 2 fully saturated rings. The summed E-state index contributed by atoms with van der Waals surface area (Å²) in [5.41, 5.74) is 5.57. The minimum Gasteiger partial charge on any atom is -0.508 e. The molecule has 2 heterocycles. The molecule has 0 bridgehead atoms. The summed E-state index contributed by atoms with van der Waals surface area (Å²) >= 11 is 0. The average molecular weight is 453 g/mol. The summed E-state index contributed by atoms with van der Waals surface area (Å²) in [4.78, 5) is 18.4.